The highest BCUT2D eigenvalue weighted by molar-refractivity contribution is 7.92. The zero-order valence-electron chi connectivity index (χ0n) is 11.9. The van der Waals surface area contributed by atoms with Crippen molar-refractivity contribution in [3.63, 3.8) is 0 Å². The van der Waals surface area contributed by atoms with E-state index in [0.717, 1.165) is 5.56 Å². The first-order valence-electron chi connectivity index (χ1n) is 6.57. The molecule has 2 aromatic carbocycles. The Bertz CT molecular complexity index is 679. The van der Waals surface area contributed by atoms with Crippen molar-refractivity contribution in [1.29, 1.82) is 0 Å². The van der Waals surface area contributed by atoms with Gasteiger partial charge in [0.25, 0.3) is 10.0 Å². The van der Waals surface area contributed by atoms with Crippen LogP contribution in [0.3, 0.4) is 0 Å². The van der Waals surface area contributed by atoms with Crippen LogP contribution in [0.5, 0.6) is 0 Å². The van der Waals surface area contributed by atoms with Gasteiger partial charge in [0.15, 0.2) is 0 Å². The number of rotatable bonds is 4. The molecule has 0 aliphatic rings. The second-order valence-electron chi connectivity index (χ2n) is 5.04. The fourth-order valence-corrected chi connectivity index (χ4v) is 3.18. The summed E-state index contributed by atoms with van der Waals surface area (Å²) in [5.74, 6) is 0.364. The average molecular weight is 289 g/mol. The summed E-state index contributed by atoms with van der Waals surface area (Å²) in [5, 5.41) is 0. The zero-order chi connectivity index (χ0) is 14.8. The summed E-state index contributed by atoms with van der Waals surface area (Å²) in [6.07, 6.45) is 0. The van der Waals surface area contributed by atoms with Crippen molar-refractivity contribution in [3.8, 4) is 0 Å². The summed E-state index contributed by atoms with van der Waals surface area (Å²) in [5.41, 5.74) is 1.80. The van der Waals surface area contributed by atoms with Crippen LogP contribution in [0.4, 0.5) is 5.69 Å². The maximum absolute atomic E-state index is 12.5. The maximum atomic E-state index is 12.5. The molecule has 0 aromatic heterocycles. The van der Waals surface area contributed by atoms with Crippen LogP contribution in [0.2, 0.25) is 0 Å². The van der Waals surface area contributed by atoms with Crippen molar-refractivity contribution in [1.82, 2.24) is 0 Å². The van der Waals surface area contributed by atoms with Gasteiger partial charge in [-0.25, -0.2) is 8.42 Å². The van der Waals surface area contributed by atoms with E-state index in [1.807, 2.05) is 24.3 Å². The van der Waals surface area contributed by atoms with Gasteiger partial charge in [0.2, 0.25) is 0 Å². The minimum Gasteiger partial charge on any atom is -0.269 e. The molecule has 0 amide bonds. The van der Waals surface area contributed by atoms with Crippen LogP contribution in [-0.2, 0) is 10.0 Å². The molecule has 0 atom stereocenters. The predicted octanol–water partition coefficient (Wildman–Crippen LogP) is 3.64. The van der Waals surface area contributed by atoms with Gasteiger partial charge in [-0.3, -0.25) is 4.31 Å². The third-order valence-electron chi connectivity index (χ3n) is 3.30. The van der Waals surface area contributed by atoms with E-state index in [0.29, 0.717) is 16.5 Å². The molecule has 2 rings (SSSR count). The SMILES string of the molecule is CC(C)c1cccc(N(C)S(=O)(=O)c2ccccc2)c1. The normalized spacial score (nSPS) is 11.6. The molecule has 4 heteroatoms. The second kappa shape index (κ2) is 5.67. The molecule has 0 N–H and O–H groups in total. The van der Waals surface area contributed by atoms with Gasteiger partial charge in [-0.2, -0.15) is 0 Å². The number of hydrogen-bond acceptors (Lipinski definition) is 2. The second-order valence-corrected chi connectivity index (χ2v) is 7.00. The quantitative estimate of drug-likeness (QED) is 0.862. The first-order valence-corrected chi connectivity index (χ1v) is 8.01. The Labute approximate surface area is 120 Å². The smallest absolute Gasteiger partial charge is 0.264 e. The van der Waals surface area contributed by atoms with Crippen LogP contribution in [-0.4, -0.2) is 15.5 Å². The van der Waals surface area contributed by atoms with Crippen molar-refractivity contribution in [2.24, 2.45) is 0 Å². The summed E-state index contributed by atoms with van der Waals surface area (Å²) < 4.78 is 26.4. The lowest BCUT2D eigenvalue weighted by molar-refractivity contribution is 0.594. The Morgan fingerprint density at radius 2 is 1.60 bits per heavy atom. The Kier molecular flexibility index (Phi) is 4.14. The summed E-state index contributed by atoms with van der Waals surface area (Å²) in [4.78, 5) is 0.303. The Balaban J connectivity index is 2.41. The summed E-state index contributed by atoms with van der Waals surface area (Å²) in [7, 11) is -1.92. The lowest BCUT2D eigenvalue weighted by Crippen LogP contribution is -2.26. The lowest BCUT2D eigenvalue weighted by atomic mass is 10.0. The minimum atomic E-state index is -3.50. The summed E-state index contributed by atoms with van der Waals surface area (Å²) >= 11 is 0. The highest BCUT2D eigenvalue weighted by Crippen LogP contribution is 2.25. The Morgan fingerprint density at radius 1 is 0.950 bits per heavy atom. The highest BCUT2D eigenvalue weighted by atomic mass is 32.2. The molecule has 0 radical (unpaired) electrons. The molecule has 0 heterocycles. The first kappa shape index (κ1) is 14.6. The molecule has 0 fully saturated rings. The van der Waals surface area contributed by atoms with Crippen LogP contribution in [0, 0.1) is 0 Å². The van der Waals surface area contributed by atoms with Gasteiger partial charge in [-0.05, 0) is 35.7 Å². The molecule has 0 aliphatic carbocycles. The van der Waals surface area contributed by atoms with E-state index in [4.69, 9.17) is 0 Å². The lowest BCUT2D eigenvalue weighted by Gasteiger charge is -2.20. The molecule has 0 spiro atoms. The predicted molar refractivity (Wildman–Crippen MR) is 82.6 cm³/mol. The number of nitrogens with zero attached hydrogens (tertiary/aromatic N) is 1. The highest BCUT2D eigenvalue weighted by Gasteiger charge is 2.21. The Morgan fingerprint density at radius 3 is 2.20 bits per heavy atom. The van der Waals surface area contributed by atoms with Crippen LogP contribution < -0.4 is 4.31 Å². The van der Waals surface area contributed by atoms with Gasteiger partial charge in [-0.15, -0.1) is 0 Å². The van der Waals surface area contributed by atoms with Gasteiger partial charge < -0.3 is 0 Å². The van der Waals surface area contributed by atoms with E-state index in [-0.39, 0.29) is 0 Å². The van der Waals surface area contributed by atoms with E-state index in [2.05, 4.69) is 13.8 Å². The Hall–Kier alpha value is -1.81. The number of benzene rings is 2. The molecular weight excluding hydrogens is 270 g/mol. The largest absolute Gasteiger partial charge is 0.269 e. The molecule has 0 aliphatic heterocycles. The van der Waals surface area contributed by atoms with Gasteiger partial charge in [0.1, 0.15) is 0 Å². The third-order valence-corrected chi connectivity index (χ3v) is 5.10. The zero-order valence-corrected chi connectivity index (χ0v) is 12.8. The van der Waals surface area contributed by atoms with E-state index in [1.165, 1.54) is 4.31 Å². The molecule has 20 heavy (non-hydrogen) atoms. The molecular formula is C16H19NO2S. The molecule has 0 saturated carbocycles. The van der Waals surface area contributed by atoms with Crippen LogP contribution in [0.1, 0.15) is 25.3 Å². The third kappa shape index (κ3) is 2.85. The first-order chi connectivity index (χ1) is 9.43. The molecule has 0 bridgehead atoms. The molecule has 0 unspecified atom stereocenters. The number of anilines is 1. The number of hydrogen-bond donors (Lipinski definition) is 0. The summed E-state index contributed by atoms with van der Waals surface area (Å²) in [6.45, 7) is 4.18. The summed E-state index contributed by atoms with van der Waals surface area (Å²) in [6, 6.07) is 16.1. The van der Waals surface area contributed by atoms with Gasteiger partial charge in [0, 0.05) is 7.05 Å². The monoisotopic (exact) mass is 289 g/mol. The van der Waals surface area contributed by atoms with Crippen molar-refractivity contribution in [3.05, 3.63) is 60.2 Å². The van der Waals surface area contributed by atoms with E-state index >= 15 is 0 Å². The van der Waals surface area contributed by atoms with Crippen molar-refractivity contribution >= 4 is 15.7 Å². The van der Waals surface area contributed by atoms with Gasteiger partial charge in [0.05, 0.1) is 10.6 Å². The minimum absolute atomic E-state index is 0.303. The molecule has 0 saturated heterocycles. The van der Waals surface area contributed by atoms with Gasteiger partial charge in [-0.1, -0.05) is 44.2 Å². The van der Waals surface area contributed by atoms with Crippen molar-refractivity contribution in [2.45, 2.75) is 24.7 Å². The van der Waals surface area contributed by atoms with E-state index in [1.54, 1.807) is 37.4 Å². The average Bonchev–Trinajstić information content (AvgIpc) is 2.47. The van der Waals surface area contributed by atoms with Crippen LogP contribution >= 0.6 is 0 Å². The fraction of sp³-hybridized carbons (Fsp3) is 0.250. The fourth-order valence-electron chi connectivity index (χ4n) is 1.97. The number of sulfonamides is 1. The van der Waals surface area contributed by atoms with Gasteiger partial charge >= 0.3 is 0 Å². The van der Waals surface area contributed by atoms with Crippen LogP contribution in [0.15, 0.2) is 59.5 Å². The van der Waals surface area contributed by atoms with Crippen molar-refractivity contribution in [2.75, 3.05) is 11.4 Å². The molecule has 3 nitrogen and oxygen atoms in total. The standard InChI is InChI=1S/C16H19NO2S/c1-13(2)14-8-7-9-15(12-14)17(3)20(18,19)16-10-5-4-6-11-16/h4-13H,1-3H3. The van der Waals surface area contributed by atoms with Crippen LogP contribution in [0.25, 0.3) is 0 Å². The molecule has 2 aromatic rings. The molecule has 106 valence electrons. The maximum Gasteiger partial charge on any atom is 0.264 e. The van der Waals surface area contributed by atoms with E-state index < -0.39 is 10.0 Å². The van der Waals surface area contributed by atoms with E-state index in [9.17, 15) is 8.42 Å². The topological polar surface area (TPSA) is 37.4 Å². The van der Waals surface area contributed by atoms with Crippen molar-refractivity contribution < 1.29 is 8.42 Å².